The molecule has 0 aromatic heterocycles. The molecular weight excluding hydrogens is 234 g/mol. The van der Waals surface area contributed by atoms with Gasteiger partial charge in [0.15, 0.2) is 0 Å². The van der Waals surface area contributed by atoms with Gasteiger partial charge in [0.05, 0.1) is 11.3 Å². The van der Waals surface area contributed by atoms with Crippen LogP contribution in [-0.2, 0) is 0 Å². The Morgan fingerprint density at radius 3 is 2.36 bits per heavy atom. The number of carbonyl (C=O) groups is 1. The fraction of sp³-hybridized carbons (Fsp3) is 0. The van der Waals surface area contributed by atoms with E-state index in [2.05, 4.69) is 5.43 Å². The normalized spacial score (nSPS) is 8.07. The lowest BCUT2D eigenvalue weighted by Gasteiger charge is -2.04. The number of carboxylic acids is 1. The number of para-hydroxylation sites is 1. The molecule has 14 heavy (non-hydrogen) atoms. The zero-order chi connectivity index (χ0) is 8.97. The van der Waals surface area contributed by atoms with Crippen LogP contribution in [-0.4, -0.2) is 11.1 Å². The third kappa shape index (κ3) is 3.78. The van der Waals surface area contributed by atoms with E-state index in [0.29, 0.717) is 0 Å². The summed E-state index contributed by atoms with van der Waals surface area (Å²) in [4.78, 5) is 10.5. The van der Waals surface area contributed by atoms with Crippen LogP contribution in [0, 0.1) is 0 Å². The summed E-state index contributed by atoms with van der Waals surface area (Å²) in [6.45, 7) is 0. The van der Waals surface area contributed by atoms with Gasteiger partial charge in [0.25, 0.3) is 0 Å². The molecule has 4 nitrogen and oxygen atoms in total. The van der Waals surface area contributed by atoms with Gasteiger partial charge in [-0.1, -0.05) is 17.8 Å². The van der Waals surface area contributed by atoms with Crippen LogP contribution in [0.25, 0.3) is 0 Å². The molecule has 0 amide bonds. The molecule has 0 aliphatic heterocycles. The summed E-state index contributed by atoms with van der Waals surface area (Å²) < 4.78 is 11.6. The van der Waals surface area contributed by atoms with Crippen molar-refractivity contribution in [2.75, 3.05) is 5.43 Å². The molecular formula is C7H9Cl2FN2O2. The van der Waals surface area contributed by atoms with Gasteiger partial charge in [0.2, 0.25) is 0 Å². The minimum Gasteiger partial charge on any atom is -0.478 e. The van der Waals surface area contributed by atoms with Crippen molar-refractivity contribution in [3.05, 3.63) is 29.8 Å². The molecule has 3 N–H and O–H groups in total. The Hall–Kier alpha value is -1.04. The van der Waals surface area contributed by atoms with Crippen LogP contribution in [0.1, 0.15) is 10.4 Å². The third-order valence-electron chi connectivity index (χ3n) is 1.34. The van der Waals surface area contributed by atoms with Crippen molar-refractivity contribution in [1.29, 1.82) is 0 Å². The highest BCUT2D eigenvalue weighted by Crippen LogP contribution is 2.13. The van der Waals surface area contributed by atoms with Crippen LogP contribution in [0.3, 0.4) is 0 Å². The van der Waals surface area contributed by atoms with Crippen LogP contribution in [0.5, 0.6) is 0 Å². The number of hydrazine groups is 1. The lowest BCUT2D eigenvalue weighted by Crippen LogP contribution is -2.13. The van der Waals surface area contributed by atoms with Crippen LogP contribution in [0.15, 0.2) is 24.3 Å². The van der Waals surface area contributed by atoms with Crippen molar-refractivity contribution < 1.29 is 14.4 Å². The maximum atomic E-state index is 11.6. The first-order valence-electron chi connectivity index (χ1n) is 3.19. The van der Waals surface area contributed by atoms with Gasteiger partial charge >= 0.3 is 5.97 Å². The number of aromatic carboxylic acids is 1. The van der Waals surface area contributed by atoms with E-state index in [-0.39, 0.29) is 36.1 Å². The second-order valence-corrected chi connectivity index (χ2v) is 2.07. The Morgan fingerprint density at radius 1 is 1.29 bits per heavy atom. The Morgan fingerprint density at radius 2 is 1.86 bits per heavy atom. The van der Waals surface area contributed by atoms with Crippen molar-refractivity contribution in [2.45, 2.75) is 0 Å². The van der Waals surface area contributed by atoms with Crippen LogP contribution < -0.4 is 11.1 Å². The number of benzene rings is 1. The van der Waals surface area contributed by atoms with Crippen molar-refractivity contribution in [3.63, 3.8) is 0 Å². The lowest BCUT2D eigenvalue weighted by molar-refractivity contribution is 0.0698. The summed E-state index contributed by atoms with van der Waals surface area (Å²) in [6, 6.07) is 6.00. The van der Waals surface area contributed by atoms with E-state index in [1.165, 1.54) is 17.8 Å². The molecule has 80 valence electrons. The Labute approximate surface area is 92.2 Å². The van der Waals surface area contributed by atoms with Gasteiger partial charge in [-0.15, -0.1) is 29.3 Å². The molecule has 1 aromatic carbocycles. The highest BCUT2D eigenvalue weighted by atomic mass is 35.5. The van der Waals surface area contributed by atoms with E-state index in [4.69, 9.17) is 5.11 Å². The van der Waals surface area contributed by atoms with Gasteiger partial charge in [0, 0.05) is 0 Å². The molecule has 7 heteroatoms. The molecule has 0 aliphatic rings. The highest BCUT2D eigenvalue weighted by molar-refractivity contribution is 5.93. The maximum Gasteiger partial charge on any atom is 0.337 e. The van der Waals surface area contributed by atoms with Gasteiger partial charge < -0.3 is 5.11 Å². The number of hydrogen-bond donors (Lipinski definition) is 3. The Bertz CT molecular complexity index is 299. The highest BCUT2D eigenvalue weighted by Gasteiger charge is 2.07. The van der Waals surface area contributed by atoms with E-state index in [1.54, 1.807) is 12.1 Å². The van der Waals surface area contributed by atoms with Gasteiger partial charge in [-0.2, -0.15) is 0 Å². The predicted octanol–water partition coefficient (Wildman–Crippen LogP) is 2.03. The molecule has 0 atom stereocenters. The van der Waals surface area contributed by atoms with E-state index in [9.17, 15) is 9.28 Å². The van der Waals surface area contributed by atoms with Crippen LogP contribution in [0.2, 0.25) is 0 Å². The number of anilines is 1. The molecule has 0 saturated heterocycles. The van der Waals surface area contributed by atoms with E-state index >= 15 is 0 Å². The zero-order valence-corrected chi connectivity index (χ0v) is 8.49. The molecule has 1 rings (SSSR count). The van der Waals surface area contributed by atoms with E-state index < -0.39 is 5.97 Å². The standard InChI is InChI=1S/C7H7FN2O2.2ClH/c8-10-9-6-4-2-1-3-5(6)7(11)12;;/h1-4,9-10H,(H,11,12);2*1H. The van der Waals surface area contributed by atoms with Gasteiger partial charge in [-0.25, -0.2) is 4.79 Å². The monoisotopic (exact) mass is 242 g/mol. The minimum absolute atomic E-state index is 0. The summed E-state index contributed by atoms with van der Waals surface area (Å²) >= 11 is 0. The Balaban J connectivity index is 0. The van der Waals surface area contributed by atoms with E-state index in [1.807, 2.05) is 0 Å². The van der Waals surface area contributed by atoms with Crippen LogP contribution >= 0.6 is 24.8 Å². The summed E-state index contributed by atoms with van der Waals surface area (Å²) in [5.74, 6) is -1.10. The molecule has 0 fully saturated rings. The largest absolute Gasteiger partial charge is 0.478 e. The minimum atomic E-state index is -1.10. The maximum absolute atomic E-state index is 11.6. The molecule has 0 saturated carbocycles. The second-order valence-electron chi connectivity index (χ2n) is 2.07. The fourth-order valence-electron chi connectivity index (χ4n) is 0.830. The average Bonchev–Trinajstić information content (AvgIpc) is 2.05. The van der Waals surface area contributed by atoms with Crippen molar-refractivity contribution in [3.8, 4) is 0 Å². The molecule has 0 spiro atoms. The predicted molar refractivity (Wildman–Crippen MR) is 55.8 cm³/mol. The quantitative estimate of drug-likeness (QED) is 0.561. The van der Waals surface area contributed by atoms with Gasteiger partial charge in [0.1, 0.15) is 0 Å². The lowest BCUT2D eigenvalue weighted by atomic mass is 10.2. The topological polar surface area (TPSA) is 61.4 Å². The second kappa shape index (κ2) is 7.37. The number of rotatable bonds is 3. The number of carboxylic acid groups (broad SMARTS) is 1. The van der Waals surface area contributed by atoms with E-state index in [0.717, 1.165) is 0 Å². The first-order valence-corrected chi connectivity index (χ1v) is 3.19. The molecule has 0 unspecified atom stereocenters. The summed E-state index contributed by atoms with van der Waals surface area (Å²) in [5.41, 5.74) is 3.43. The molecule has 1 aromatic rings. The van der Waals surface area contributed by atoms with Crippen molar-refractivity contribution in [2.24, 2.45) is 0 Å². The number of halogens is 3. The Kier molecular flexibility index (Phi) is 8.13. The van der Waals surface area contributed by atoms with Crippen LogP contribution in [0.4, 0.5) is 10.2 Å². The fourth-order valence-corrected chi connectivity index (χ4v) is 0.830. The molecule has 0 aliphatic carbocycles. The summed E-state index contributed by atoms with van der Waals surface area (Å²) in [5, 5.41) is 8.60. The number of nitrogens with one attached hydrogen (secondary N) is 2. The summed E-state index contributed by atoms with van der Waals surface area (Å²) in [7, 11) is 0. The zero-order valence-electron chi connectivity index (χ0n) is 6.86. The SMILES string of the molecule is Cl.Cl.O=C(O)c1ccccc1NNF. The molecule has 0 radical (unpaired) electrons. The molecule has 0 bridgehead atoms. The summed E-state index contributed by atoms with van der Waals surface area (Å²) in [6.07, 6.45) is 0. The first kappa shape index (κ1) is 15.4. The van der Waals surface area contributed by atoms with Gasteiger partial charge in [-0.05, 0) is 12.1 Å². The van der Waals surface area contributed by atoms with Crippen molar-refractivity contribution >= 4 is 36.5 Å². The molecule has 0 heterocycles. The number of hydrogen-bond acceptors (Lipinski definition) is 3. The third-order valence-corrected chi connectivity index (χ3v) is 1.34. The first-order chi connectivity index (χ1) is 5.75. The smallest absolute Gasteiger partial charge is 0.337 e. The van der Waals surface area contributed by atoms with Crippen molar-refractivity contribution in [1.82, 2.24) is 5.65 Å². The van der Waals surface area contributed by atoms with Gasteiger partial charge in [-0.3, -0.25) is 5.43 Å². The average molecular weight is 243 g/mol.